The van der Waals surface area contributed by atoms with Gasteiger partial charge in [-0.1, -0.05) is 6.58 Å². The molecule has 0 saturated carbocycles. The molecule has 0 fully saturated rings. The van der Waals surface area contributed by atoms with Crippen molar-refractivity contribution in [2.75, 3.05) is 20.6 Å². The first-order valence-electron chi connectivity index (χ1n) is 3.91. The Balaban J connectivity index is 3.92. The van der Waals surface area contributed by atoms with Gasteiger partial charge >= 0.3 is 5.97 Å². The average molecular weight is 190 g/mol. The third-order valence-electron chi connectivity index (χ3n) is 1.46. The summed E-state index contributed by atoms with van der Waals surface area (Å²) in [6, 6.07) is 0. The Hall–Kier alpha value is -0.910. The number of aliphatic hydroxyl groups excluding tert-OH is 1. The number of hydrogen-bond donors (Lipinski definition) is 2. The highest BCUT2D eigenvalue weighted by molar-refractivity contribution is 5.66. The van der Waals surface area contributed by atoms with Crippen molar-refractivity contribution in [3.63, 3.8) is 0 Å². The molecule has 76 valence electrons. The first kappa shape index (κ1) is 12.1. The van der Waals surface area contributed by atoms with Gasteiger partial charge in [0.15, 0.2) is 0 Å². The molecule has 1 atom stereocenters. The zero-order valence-corrected chi connectivity index (χ0v) is 7.93. The summed E-state index contributed by atoms with van der Waals surface area (Å²) in [6.07, 6.45) is 0.168. The second kappa shape index (κ2) is 4.96. The second-order valence-electron chi connectivity index (χ2n) is 3.17. The van der Waals surface area contributed by atoms with Gasteiger partial charge in [-0.05, 0) is 6.08 Å². The Morgan fingerprint density at radius 3 is 2.62 bits per heavy atom. The second-order valence-corrected chi connectivity index (χ2v) is 3.17. The summed E-state index contributed by atoms with van der Waals surface area (Å²) in [6.45, 7) is 3.63. The van der Waals surface area contributed by atoms with Crippen LogP contribution < -0.4 is 0 Å². The highest BCUT2D eigenvalue weighted by Crippen LogP contribution is 2.04. The third-order valence-corrected chi connectivity index (χ3v) is 1.46. The molecular formula is C8H16NO4+. The van der Waals surface area contributed by atoms with Crippen LogP contribution in [0.15, 0.2) is 12.7 Å². The molecule has 0 aliphatic heterocycles. The lowest BCUT2D eigenvalue weighted by Gasteiger charge is -2.27. The predicted octanol–water partition coefficient (Wildman–Crippen LogP) is -0.0265. The molecule has 0 aliphatic carbocycles. The Morgan fingerprint density at radius 1 is 1.69 bits per heavy atom. The number of hydrogen-bond acceptors (Lipinski definition) is 3. The number of quaternary nitrogens is 1. The van der Waals surface area contributed by atoms with Crippen molar-refractivity contribution < 1.29 is 24.5 Å². The van der Waals surface area contributed by atoms with E-state index in [1.54, 1.807) is 14.1 Å². The quantitative estimate of drug-likeness (QED) is 0.267. The van der Waals surface area contributed by atoms with Crippen LogP contribution in [0.5, 0.6) is 0 Å². The van der Waals surface area contributed by atoms with Gasteiger partial charge in [0.25, 0.3) is 0 Å². The minimum atomic E-state index is -1.07. The summed E-state index contributed by atoms with van der Waals surface area (Å²) in [5.41, 5.74) is 0. The van der Waals surface area contributed by atoms with E-state index in [1.807, 2.05) is 0 Å². The van der Waals surface area contributed by atoms with Gasteiger partial charge in [-0.3, -0.25) is 4.79 Å². The summed E-state index contributed by atoms with van der Waals surface area (Å²) < 4.78 is -0.0144. The van der Waals surface area contributed by atoms with Crippen molar-refractivity contribution in [1.29, 1.82) is 0 Å². The molecule has 0 aromatic rings. The van der Waals surface area contributed by atoms with Gasteiger partial charge in [-0.2, -0.15) is 9.48 Å². The van der Waals surface area contributed by atoms with Crippen molar-refractivity contribution in [2.24, 2.45) is 0 Å². The smallest absolute Gasteiger partial charge is 0.309 e. The number of rotatable bonds is 6. The van der Waals surface area contributed by atoms with E-state index < -0.39 is 12.3 Å². The van der Waals surface area contributed by atoms with Crippen molar-refractivity contribution in [3.8, 4) is 0 Å². The van der Waals surface area contributed by atoms with E-state index in [2.05, 4.69) is 6.58 Å². The van der Waals surface area contributed by atoms with Crippen molar-refractivity contribution >= 4 is 5.97 Å². The van der Waals surface area contributed by atoms with Crippen molar-refractivity contribution in [2.45, 2.75) is 12.7 Å². The van der Waals surface area contributed by atoms with Crippen LogP contribution in [0.4, 0.5) is 0 Å². The number of aliphatic carboxylic acids is 1. The molecule has 0 aromatic carbocycles. The Labute approximate surface area is 77.4 Å². The number of carbonyl (C=O) groups is 1. The maximum Gasteiger partial charge on any atom is 0.309 e. The van der Waals surface area contributed by atoms with Crippen LogP contribution >= 0.6 is 0 Å². The molecule has 1 unspecified atom stereocenters. The van der Waals surface area contributed by atoms with Gasteiger partial charge < -0.3 is 10.2 Å². The third kappa shape index (κ3) is 6.27. The molecule has 5 heteroatoms. The minimum absolute atomic E-state index is 0.00311. The van der Waals surface area contributed by atoms with Crippen LogP contribution in [0.3, 0.4) is 0 Å². The van der Waals surface area contributed by atoms with Crippen LogP contribution in [0, 0.1) is 0 Å². The van der Waals surface area contributed by atoms with Crippen LogP contribution in [0.2, 0.25) is 0 Å². The van der Waals surface area contributed by atoms with Crippen LogP contribution in [-0.2, 0) is 9.63 Å². The fraction of sp³-hybridized carbons (Fsp3) is 0.625. The lowest BCUT2D eigenvalue weighted by Crippen LogP contribution is -2.43. The van der Waals surface area contributed by atoms with E-state index in [4.69, 9.17) is 15.1 Å². The average Bonchev–Trinajstić information content (AvgIpc) is 2.00. The Morgan fingerprint density at radius 2 is 2.23 bits per heavy atom. The molecule has 2 N–H and O–H groups in total. The summed E-state index contributed by atoms with van der Waals surface area (Å²) >= 11 is 0. The number of aliphatic hydroxyl groups is 1. The van der Waals surface area contributed by atoms with Crippen molar-refractivity contribution in [1.82, 2.24) is 0 Å². The SMILES string of the molecule is C=CC(O)O[N+](C)(C)CCC(=O)O. The lowest BCUT2D eigenvalue weighted by molar-refractivity contribution is -1.08. The predicted molar refractivity (Wildman–Crippen MR) is 46.5 cm³/mol. The van der Waals surface area contributed by atoms with Gasteiger partial charge in [0.05, 0.1) is 20.5 Å². The first-order valence-corrected chi connectivity index (χ1v) is 3.91. The zero-order chi connectivity index (χ0) is 10.5. The van der Waals surface area contributed by atoms with E-state index in [0.717, 1.165) is 0 Å². The largest absolute Gasteiger partial charge is 0.481 e. The molecule has 0 radical (unpaired) electrons. The lowest BCUT2D eigenvalue weighted by atomic mass is 10.4. The molecule has 0 spiro atoms. The van der Waals surface area contributed by atoms with Gasteiger partial charge in [0.1, 0.15) is 6.54 Å². The highest BCUT2D eigenvalue weighted by atomic mass is 16.8. The fourth-order valence-electron chi connectivity index (χ4n) is 0.753. The molecule has 5 nitrogen and oxygen atoms in total. The Bertz CT molecular complexity index is 191. The van der Waals surface area contributed by atoms with Crippen molar-refractivity contribution in [3.05, 3.63) is 12.7 Å². The van der Waals surface area contributed by atoms with Gasteiger partial charge in [0, 0.05) is 0 Å². The highest BCUT2D eigenvalue weighted by Gasteiger charge is 2.21. The van der Waals surface area contributed by atoms with Gasteiger partial charge in [-0.15, -0.1) is 0 Å². The first-order chi connectivity index (χ1) is 5.87. The molecule has 0 saturated heterocycles. The van der Waals surface area contributed by atoms with E-state index in [1.165, 1.54) is 6.08 Å². The molecular weight excluding hydrogens is 174 g/mol. The fourth-order valence-corrected chi connectivity index (χ4v) is 0.753. The molecule has 0 heterocycles. The van der Waals surface area contributed by atoms with Crippen LogP contribution in [-0.4, -0.2) is 47.8 Å². The Kier molecular flexibility index (Phi) is 4.61. The molecule has 0 amide bonds. The molecule has 0 aliphatic rings. The molecule has 0 aromatic heterocycles. The maximum atomic E-state index is 10.3. The van der Waals surface area contributed by atoms with E-state index >= 15 is 0 Å². The number of hydroxylamine groups is 3. The number of carboxylic acid groups (broad SMARTS) is 1. The zero-order valence-electron chi connectivity index (χ0n) is 7.93. The normalized spacial score (nSPS) is 13.8. The van der Waals surface area contributed by atoms with Gasteiger partial charge in [-0.25, -0.2) is 0 Å². The molecule has 0 rings (SSSR count). The van der Waals surface area contributed by atoms with E-state index in [-0.39, 0.29) is 11.1 Å². The summed E-state index contributed by atoms with van der Waals surface area (Å²) in [4.78, 5) is 15.3. The monoisotopic (exact) mass is 190 g/mol. The van der Waals surface area contributed by atoms with E-state index in [0.29, 0.717) is 6.54 Å². The number of carboxylic acids is 1. The molecule has 13 heavy (non-hydrogen) atoms. The minimum Gasteiger partial charge on any atom is -0.481 e. The van der Waals surface area contributed by atoms with E-state index in [9.17, 15) is 4.79 Å². The summed E-state index contributed by atoms with van der Waals surface area (Å²) in [5, 5.41) is 17.5. The molecule has 0 bridgehead atoms. The topological polar surface area (TPSA) is 66.8 Å². The summed E-state index contributed by atoms with van der Waals surface area (Å²) in [7, 11) is 3.32. The standard InChI is InChI=1S/C8H15NO4/c1-4-8(12)13-9(2,3)6-5-7(10)11/h4,8,12H,1,5-6H2,2-3H3/p+1. The van der Waals surface area contributed by atoms with Gasteiger partial charge in [0.2, 0.25) is 6.29 Å². The van der Waals surface area contributed by atoms with Crippen LogP contribution in [0.25, 0.3) is 0 Å². The number of nitrogens with zero attached hydrogens (tertiary/aromatic N) is 1. The maximum absolute atomic E-state index is 10.3. The summed E-state index contributed by atoms with van der Waals surface area (Å²) in [5.74, 6) is -0.886. The van der Waals surface area contributed by atoms with Crippen LogP contribution in [0.1, 0.15) is 6.42 Å².